The van der Waals surface area contributed by atoms with Gasteiger partial charge in [-0.1, -0.05) is 6.92 Å². The number of hydrogen-bond donors (Lipinski definition) is 2. The van der Waals surface area contributed by atoms with Gasteiger partial charge in [-0.05, 0) is 31.4 Å². The van der Waals surface area contributed by atoms with Gasteiger partial charge >= 0.3 is 0 Å². The topological polar surface area (TPSA) is 49.3 Å². The minimum absolute atomic E-state index is 0.00426. The molecule has 0 aromatic rings. The summed E-state index contributed by atoms with van der Waals surface area (Å²) in [6, 6.07) is 0.445. The minimum Gasteiger partial charge on any atom is -0.396 e. The van der Waals surface area contributed by atoms with Crippen molar-refractivity contribution in [3.63, 3.8) is 0 Å². The van der Waals surface area contributed by atoms with Gasteiger partial charge in [-0.3, -0.25) is 4.79 Å². The minimum atomic E-state index is 0.00426. The number of aliphatic hydroxyl groups excluding tert-OH is 1. The van der Waals surface area contributed by atoms with Gasteiger partial charge in [-0.2, -0.15) is 0 Å². The molecule has 0 spiro atoms. The van der Waals surface area contributed by atoms with E-state index in [1.165, 1.54) is 0 Å². The van der Waals surface area contributed by atoms with Crippen LogP contribution < -0.4 is 5.32 Å². The molecule has 3 nitrogen and oxygen atoms in total. The maximum Gasteiger partial charge on any atom is 0.233 e. The van der Waals surface area contributed by atoms with Gasteiger partial charge in [-0.25, -0.2) is 0 Å². The predicted octanol–water partition coefficient (Wildman–Crippen LogP) is 1.02. The largest absolute Gasteiger partial charge is 0.396 e. The second kappa shape index (κ2) is 5.61. The number of rotatable bonds is 6. The Balaban J connectivity index is 2.12. The molecule has 1 rings (SSSR count). The van der Waals surface area contributed by atoms with Crippen LogP contribution >= 0.6 is 11.8 Å². The standard InChI is InChI=1S/C10H19NO2S/c1-7(5-12)6-14-8(2)10(13)11-9-3-4-9/h7-9,12H,3-6H2,1-2H3,(H,11,13). The SMILES string of the molecule is CC(CO)CSC(C)C(=O)NC1CC1. The fourth-order valence-corrected chi connectivity index (χ4v) is 1.93. The molecule has 1 aliphatic rings. The lowest BCUT2D eigenvalue weighted by Crippen LogP contribution is -2.33. The summed E-state index contributed by atoms with van der Waals surface area (Å²) in [6.07, 6.45) is 2.27. The number of hydrogen-bond acceptors (Lipinski definition) is 3. The van der Waals surface area contributed by atoms with E-state index in [1.807, 2.05) is 13.8 Å². The summed E-state index contributed by atoms with van der Waals surface area (Å²) in [6.45, 7) is 4.11. The van der Waals surface area contributed by atoms with Gasteiger partial charge in [0.15, 0.2) is 0 Å². The van der Waals surface area contributed by atoms with Gasteiger partial charge in [0.25, 0.3) is 0 Å². The maximum atomic E-state index is 11.5. The van der Waals surface area contributed by atoms with Gasteiger partial charge in [0.05, 0.1) is 5.25 Å². The molecule has 0 radical (unpaired) electrons. The summed E-state index contributed by atoms with van der Waals surface area (Å²) >= 11 is 1.61. The van der Waals surface area contributed by atoms with Crippen molar-refractivity contribution in [3.05, 3.63) is 0 Å². The van der Waals surface area contributed by atoms with E-state index >= 15 is 0 Å². The molecule has 1 amide bonds. The second-order valence-corrected chi connectivity index (χ2v) is 5.42. The Bertz CT molecular complexity index is 195. The van der Waals surface area contributed by atoms with Crippen LogP contribution in [0.4, 0.5) is 0 Å². The first-order chi connectivity index (χ1) is 6.63. The molecule has 0 heterocycles. The van der Waals surface area contributed by atoms with Crippen LogP contribution in [0.1, 0.15) is 26.7 Å². The highest BCUT2D eigenvalue weighted by Crippen LogP contribution is 2.21. The Morgan fingerprint density at radius 3 is 2.71 bits per heavy atom. The van der Waals surface area contributed by atoms with Gasteiger partial charge in [0, 0.05) is 12.6 Å². The summed E-state index contributed by atoms with van der Waals surface area (Å²) in [4.78, 5) is 11.5. The molecule has 2 unspecified atom stereocenters. The summed E-state index contributed by atoms with van der Waals surface area (Å²) in [5.74, 6) is 1.26. The molecule has 2 N–H and O–H groups in total. The van der Waals surface area contributed by atoms with Crippen molar-refractivity contribution < 1.29 is 9.90 Å². The zero-order chi connectivity index (χ0) is 10.6. The molecule has 2 atom stereocenters. The average Bonchev–Trinajstić information content (AvgIpc) is 2.97. The van der Waals surface area contributed by atoms with Crippen molar-refractivity contribution in [2.45, 2.75) is 38.0 Å². The monoisotopic (exact) mass is 217 g/mol. The van der Waals surface area contributed by atoms with E-state index in [0.29, 0.717) is 6.04 Å². The normalized spacial score (nSPS) is 20.2. The van der Waals surface area contributed by atoms with Crippen LogP contribution in [0.25, 0.3) is 0 Å². The lowest BCUT2D eigenvalue weighted by Gasteiger charge is -2.13. The van der Waals surface area contributed by atoms with E-state index in [4.69, 9.17) is 5.11 Å². The van der Waals surface area contributed by atoms with Crippen LogP contribution in [0, 0.1) is 5.92 Å². The highest BCUT2D eigenvalue weighted by molar-refractivity contribution is 8.00. The van der Waals surface area contributed by atoms with Crippen molar-refractivity contribution in [1.29, 1.82) is 0 Å². The van der Waals surface area contributed by atoms with Gasteiger partial charge in [0.1, 0.15) is 0 Å². The third-order valence-corrected chi connectivity index (χ3v) is 3.71. The highest BCUT2D eigenvalue weighted by atomic mass is 32.2. The number of aliphatic hydroxyl groups is 1. The lowest BCUT2D eigenvalue weighted by molar-refractivity contribution is -0.120. The third-order valence-electron chi connectivity index (χ3n) is 2.24. The summed E-state index contributed by atoms with van der Waals surface area (Å²) in [7, 11) is 0. The molecule has 0 aliphatic heterocycles. The Labute approximate surface area is 89.6 Å². The Morgan fingerprint density at radius 1 is 1.57 bits per heavy atom. The van der Waals surface area contributed by atoms with Crippen molar-refractivity contribution in [3.8, 4) is 0 Å². The Kier molecular flexibility index (Phi) is 4.75. The summed E-state index contributed by atoms with van der Waals surface area (Å²) < 4.78 is 0. The van der Waals surface area contributed by atoms with Crippen LogP contribution in [-0.2, 0) is 4.79 Å². The molecule has 0 bridgehead atoms. The van der Waals surface area contributed by atoms with E-state index in [2.05, 4.69) is 5.32 Å². The molecule has 0 saturated heterocycles. The maximum absolute atomic E-state index is 11.5. The molecular weight excluding hydrogens is 198 g/mol. The zero-order valence-corrected chi connectivity index (χ0v) is 9.64. The van der Waals surface area contributed by atoms with Crippen LogP contribution in [0.15, 0.2) is 0 Å². The van der Waals surface area contributed by atoms with E-state index in [9.17, 15) is 4.79 Å². The molecule has 1 aliphatic carbocycles. The average molecular weight is 217 g/mol. The van der Waals surface area contributed by atoms with Gasteiger partial charge in [0.2, 0.25) is 5.91 Å². The summed E-state index contributed by atoms with van der Waals surface area (Å²) in [5, 5.41) is 11.8. The van der Waals surface area contributed by atoms with Crippen LogP contribution in [0.2, 0.25) is 0 Å². The molecule has 0 aromatic carbocycles. The highest BCUT2D eigenvalue weighted by Gasteiger charge is 2.25. The first-order valence-electron chi connectivity index (χ1n) is 5.16. The molecule has 82 valence electrons. The quantitative estimate of drug-likeness (QED) is 0.698. The van der Waals surface area contributed by atoms with Crippen molar-refractivity contribution >= 4 is 17.7 Å². The number of nitrogens with one attached hydrogen (secondary N) is 1. The van der Waals surface area contributed by atoms with Gasteiger partial charge < -0.3 is 10.4 Å². The number of thioether (sulfide) groups is 1. The van der Waals surface area contributed by atoms with E-state index in [0.717, 1.165) is 18.6 Å². The van der Waals surface area contributed by atoms with E-state index < -0.39 is 0 Å². The smallest absolute Gasteiger partial charge is 0.233 e. The lowest BCUT2D eigenvalue weighted by atomic mass is 10.2. The zero-order valence-electron chi connectivity index (χ0n) is 8.82. The van der Waals surface area contributed by atoms with Crippen molar-refractivity contribution in [2.75, 3.05) is 12.4 Å². The number of carbonyl (C=O) groups excluding carboxylic acids is 1. The summed E-state index contributed by atoms with van der Waals surface area (Å²) in [5.41, 5.74) is 0. The van der Waals surface area contributed by atoms with E-state index in [-0.39, 0.29) is 23.7 Å². The molecule has 14 heavy (non-hydrogen) atoms. The molecule has 1 saturated carbocycles. The first-order valence-corrected chi connectivity index (χ1v) is 6.21. The molecule has 1 fully saturated rings. The molecule has 0 aromatic heterocycles. The fourth-order valence-electron chi connectivity index (χ4n) is 0.983. The van der Waals surface area contributed by atoms with Crippen LogP contribution in [0.5, 0.6) is 0 Å². The van der Waals surface area contributed by atoms with Crippen LogP contribution in [-0.4, -0.2) is 34.7 Å². The number of amides is 1. The first kappa shape index (κ1) is 11.9. The van der Waals surface area contributed by atoms with E-state index in [1.54, 1.807) is 11.8 Å². The van der Waals surface area contributed by atoms with Crippen LogP contribution in [0.3, 0.4) is 0 Å². The van der Waals surface area contributed by atoms with Crippen molar-refractivity contribution in [2.24, 2.45) is 5.92 Å². The van der Waals surface area contributed by atoms with Gasteiger partial charge in [-0.15, -0.1) is 11.8 Å². The van der Waals surface area contributed by atoms with Crippen molar-refractivity contribution in [1.82, 2.24) is 5.32 Å². The number of carbonyl (C=O) groups is 1. The Hall–Kier alpha value is -0.220. The third kappa shape index (κ3) is 4.33. The second-order valence-electron chi connectivity index (χ2n) is 4.05. The predicted molar refractivity (Wildman–Crippen MR) is 59.3 cm³/mol. The Morgan fingerprint density at radius 2 is 2.21 bits per heavy atom. The molecular formula is C10H19NO2S. The molecule has 4 heteroatoms. The fraction of sp³-hybridized carbons (Fsp3) is 0.900.